The minimum atomic E-state index is 0.269. The molecule has 144 valence electrons. The quantitative estimate of drug-likeness (QED) is 0.498. The molecular formula is C22H26N6. The minimum Gasteiger partial charge on any atom is -0.372 e. The van der Waals surface area contributed by atoms with Crippen LogP contribution in [0.5, 0.6) is 0 Å². The first-order valence-corrected chi connectivity index (χ1v) is 9.41. The van der Waals surface area contributed by atoms with Crippen LogP contribution in [-0.2, 0) is 0 Å². The monoisotopic (exact) mass is 374 g/mol. The predicted molar refractivity (Wildman–Crippen MR) is 116 cm³/mol. The predicted octanol–water partition coefficient (Wildman–Crippen LogP) is 3.25. The van der Waals surface area contributed by atoms with Crippen molar-refractivity contribution >= 4 is 17.5 Å². The van der Waals surface area contributed by atoms with Gasteiger partial charge in [0.05, 0.1) is 5.69 Å². The molecule has 0 radical (unpaired) electrons. The molecule has 1 aromatic heterocycles. The van der Waals surface area contributed by atoms with Crippen molar-refractivity contribution in [2.45, 2.75) is 33.6 Å². The summed E-state index contributed by atoms with van der Waals surface area (Å²) >= 11 is 0. The molecule has 0 bridgehead atoms. The van der Waals surface area contributed by atoms with E-state index in [0.717, 1.165) is 30.0 Å². The molecule has 1 saturated heterocycles. The summed E-state index contributed by atoms with van der Waals surface area (Å²) in [6, 6.07) is 10.2. The van der Waals surface area contributed by atoms with Crippen molar-refractivity contribution in [2.24, 2.45) is 15.7 Å². The van der Waals surface area contributed by atoms with E-state index in [4.69, 9.17) is 5.73 Å². The standard InChI is InChI=1S/C22H26N6/c1-16(24-19(4)25-22(23)28-18(3)15-17(2)26-28)7-8-20-9-11-21(12-10-20)27-13-5-6-14-27/h9-12,15H,1,5-6,13-14H2,2-4H3,(H2,23,24,25). The van der Waals surface area contributed by atoms with Gasteiger partial charge in [-0.3, -0.25) is 0 Å². The molecule has 2 N–H and O–H groups in total. The SMILES string of the molecule is C=C(C#Cc1ccc(N2CCCC2)cc1)N=C(C)N=C(N)n1nc(C)cc1C. The van der Waals surface area contributed by atoms with Crippen LogP contribution in [0.1, 0.15) is 36.7 Å². The molecule has 1 aromatic carbocycles. The molecule has 3 rings (SSSR count). The fourth-order valence-corrected chi connectivity index (χ4v) is 3.20. The van der Waals surface area contributed by atoms with E-state index in [0.29, 0.717) is 11.5 Å². The van der Waals surface area contributed by atoms with Gasteiger partial charge in [-0.2, -0.15) is 10.1 Å². The van der Waals surface area contributed by atoms with Crippen molar-refractivity contribution in [3.8, 4) is 11.8 Å². The second-order valence-corrected chi connectivity index (χ2v) is 6.91. The van der Waals surface area contributed by atoms with Crippen LogP contribution in [0.3, 0.4) is 0 Å². The number of anilines is 1. The van der Waals surface area contributed by atoms with Crippen LogP contribution in [0.15, 0.2) is 52.6 Å². The summed E-state index contributed by atoms with van der Waals surface area (Å²) < 4.78 is 1.59. The van der Waals surface area contributed by atoms with Crippen LogP contribution >= 0.6 is 0 Å². The van der Waals surface area contributed by atoms with Crippen molar-refractivity contribution in [1.82, 2.24) is 9.78 Å². The fraction of sp³-hybridized carbons (Fsp3) is 0.318. The van der Waals surface area contributed by atoms with Crippen molar-refractivity contribution < 1.29 is 0 Å². The number of aryl methyl sites for hydroxylation is 2. The zero-order valence-corrected chi connectivity index (χ0v) is 16.7. The number of amidine groups is 1. The molecule has 28 heavy (non-hydrogen) atoms. The Morgan fingerprint density at radius 2 is 1.82 bits per heavy atom. The van der Waals surface area contributed by atoms with Gasteiger partial charge in [0.1, 0.15) is 11.5 Å². The summed E-state index contributed by atoms with van der Waals surface area (Å²) in [5, 5.41) is 4.31. The Kier molecular flexibility index (Phi) is 5.95. The lowest BCUT2D eigenvalue weighted by Gasteiger charge is -2.17. The van der Waals surface area contributed by atoms with E-state index in [-0.39, 0.29) is 5.96 Å². The smallest absolute Gasteiger partial charge is 0.223 e. The summed E-state index contributed by atoms with van der Waals surface area (Å²) in [4.78, 5) is 11.0. The van der Waals surface area contributed by atoms with Gasteiger partial charge >= 0.3 is 0 Å². The lowest BCUT2D eigenvalue weighted by atomic mass is 10.2. The third kappa shape index (κ3) is 4.89. The van der Waals surface area contributed by atoms with Crippen LogP contribution in [-0.4, -0.2) is 34.7 Å². The average molecular weight is 374 g/mol. The zero-order chi connectivity index (χ0) is 20.1. The lowest BCUT2D eigenvalue weighted by molar-refractivity contribution is 0.871. The first-order chi connectivity index (χ1) is 13.4. The highest BCUT2D eigenvalue weighted by Gasteiger charge is 2.11. The van der Waals surface area contributed by atoms with Crippen molar-refractivity contribution in [3.05, 3.63) is 59.6 Å². The molecule has 6 heteroatoms. The summed E-state index contributed by atoms with van der Waals surface area (Å²) in [5.74, 6) is 6.81. The Morgan fingerprint density at radius 3 is 2.43 bits per heavy atom. The van der Waals surface area contributed by atoms with E-state index in [1.54, 1.807) is 11.6 Å². The average Bonchev–Trinajstić information content (AvgIpc) is 3.30. The number of hydrogen-bond donors (Lipinski definition) is 1. The highest BCUT2D eigenvalue weighted by Crippen LogP contribution is 2.20. The Labute approximate surface area is 166 Å². The molecule has 0 atom stereocenters. The van der Waals surface area contributed by atoms with Crippen molar-refractivity contribution in [2.75, 3.05) is 18.0 Å². The summed E-state index contributed by atoms with van der Waals surface area (Å²) in [6.07, 6.45) is 2.54. The largest absolute Gasteiger partial charge is 0.372 e. The molecule has 1 aliphatic heterocycles. The molecular weight excluding hydrogens is 348 g/mol. The summed E-state index contributed by atoms with van der Waals surface area (Å²) in [7, 11) is 0. The highest BCUT2D eigenvalue weighted by molar-refractivity contribution is 5.95. The highest BCUT2D eigenvalue weighted by atomic mass is 15.4. The lowest BCUT2D eigenvalue weighted by Crippen LogP contribution is -2.25. The van der Waals surface area contributed by atoms with E-state index in [1.165, 1.54) is 18.5 Å². The maximum atomic E-state index is 6.02. The molecule has 1 fully saturated rings. The van der Waals surface area contributed by atoms with Gasteiger partial charge < -0.3 is 10.6 Å². The molecule has 0 aliphatic carbocycles. The van der Waals surface area contributed by atoms with Gasteiger partial charge in [0, 0.05) is 30.0 Å². The molecule has 2 heterocycles. The number of nitrogens with zero attached hydrogens (tertiary/aromatic N) is 5. The first-order valence-electron chi connectivity index (χ1n) is 9.41. The Bertz CT molecular complexity index is 976. The second-order valence-electron chi connectivity index (χ2n) is 6.91. The third-order valence-electron chi connectivity index (χ3n) is 4.49. The second kappa shape index (κ2) is 8.57. The molecule has 0 saturated carbocycles. The number of rotatable bonds is 2. The third-order valence-corrected chi connectivity index (χ3v) is 4.49. The molecule has 2 aromatic rings. The van der Waals surface area contributed by atoms with Gasteiger partial charge in [0.2, 0.25) is 5.96 Å². The number of hydrogen-bond acceptors (Lipinski definition) is 3. The fourth-order valence-electron chi connectivity index (χ4n) is 3.20. The van der Waals surface area contributed by atoms with Gasteiger partial charge in [-0.25, -0.2) is 9.67 Å². The van der Waals surface area contributed by atoms with E-state index < -0.39 is 0 Å². The number of aromatic nitrogens is 2. The van der Waals surface area contributed by atoms with E-state index >= 15 is 0 Å². The molecule has 0 amide bonds. The summed E-state index contributed by atoms with van der Waals surface area (Å²) in [5.41, 5.74) is 10.4. The Balaban J connectivity index is 1.66. The van der Waals surface area contributed by atoms with Crippen LogP contribution in [0.2, 0.25) is 0 Å². The first kappa shape index (κ1) is 19.4. The molecule has 0 unspecified atom stereocenters. The van der Waals surface area contributed by atoms with Gasteiger partial charge in [-0.05, 0) is 69.9 Å². The van der Waals surface area contributed by atoms with E-state index in [2.05, 4.69) is 50.5 Å². The molecule has 6 nitrogen and oxygen atoms in total. The molecule has 0 spiro atoms. The normalized spacial score (nSPS) is 14.8. The maximum absolute atomic E-state index is 6.02. The van der Waals surface area contributed by atoms with Gasteiger partial charge in [-0.15, -0.1) is 0 Å². The van der Waals surface area contributed by atoms with Crippen LogP contribution in [0, 0.1) is 25.7 Å². The number of aliphatic imine (C=N–C) groups is 2. The Hall–Kier alpha value is -3.33. The van der Waals surface area contributed by atoms with E-state index in [1.807, 2.05) is 32.0 Å². The van der Waals surface area contributed by atoms with Gasteiger partial charge in [0.25, 0.3) is 0 Å². The van der Waals surface area contributed by atoms with Gasteiger partial charge in [0.15, 0.2) is 0 Å². The number of nitrogens with two attached hydrogens (primary N) is 1. The topological polar surface area (TPSA) is 71.8 Å². The van der Waals surface area contributed by atoms with Crippen LogP contribution in [0.4, 0.5) is 5.69 Å². The minimum absolute atomic E-state index is 0.269. The van der Waals surface area contributed by atoms with Crippen molar-refractivity contribution in [1.29, 1.82) is 0 Å². The number of benzene rings is 1. The van der Waals surface area contributed by atoms with Crippen LogP contribution in [0.25, 0.3) is 0 Å². The van der Waals surface area contributed by atoms with Crippen molar-refractivity contribution in [3.63, 3.8) is 0 Å². The van der Waals surface area contributed by atoms with E-state index in [9.17, 15) is 0 Å². The zero-order valence-electron chi connectivity index (χ0n) is 16.7. The Morgan fingerprint density at radius 1 is 1.14 bits per heavy atom. The summed E-state index contributed by atoms with van der Waals surface area (Å²) in [6.45, 7) is 11.8. The number of allylic oxidation sites excluding steroid dienone is 1. The van der Waals surface area contributed by atoms with Crippen LogP contribution < -0.4 is 10.6 Å². The molecule has 1 aliphatic rings. The maximum Gasteiger partial charge on any atom is 0.223 e. The van der Waals surface area contributed by atoms with Gasteiger partial charge in [-0.1, -0.05) is 12.5 Å².